The Morgan fingerprint density at radius 3 is 2.86 bits per heavy atom. The topological polar surface area (TPSA) is 71.3 Å². The van der Waals surface area contributed by atoms with Gasteiger partial charge < -0.3 is 9.73 Å². The van der Waals surface area contributed by atoms with Crippen LogP contribution in [0.1, 0.15) is 25.7 Å². The SMILES string of the molecule is CCCN(CCC(=O)Nc1cc(Cl)ccc1Cl)Cc1nnc(-c2cccs2)o1. The molecule has 1 N–H and O–H groups in total. The summed E-state index contributed by atoms with van der Waals surface area (Å²) in [7, 11) is 0. The summed E-state index contributed by atoms with van der Waals surface area (Å²) in [6.07, 6.45) is 1.27. The van der Waals surface area contributed by atoms with Gasteiger partial charge in [0, 0.05) is 18.0 Å². The van der Waals surface area contributed by atoms with Crippen LogP contribution in [0.3, 0.4) is 0 Å². The fourth-order valence-corrected chi connectivity index (χ4v) is 3.64. The van der Waals surface area contributed by atoms with Gasteiger partial charge in [-0.05, 0) is 42.6 Å². The van der Waals surface area contributed by atoms with E-state index < -0.39 is 0 Å². The molecule has 0 bridgehead atoms. The van der Waals surface area contributed by atoms with Crippen molar-refractivity contribution >= 4 is 46.1 Å². The zero-order valence-electron chi connectivity index (χ0n) is 15.3. The lowest BCUT2D eigenvalue weighted by Gasteiger charge is -2.19. The molecule has 1 amide bonds. The number of anilines is 1. The first-order chi connectivity index (χ1) is 13.5. The largest absolute Gasteiger partial charge is 0.419 e. The van der Waals surface area contributed by atoms with E-state index >= 15 is 0 Å². The molecular weight excluding hydrogens is 419 g/mol. The minimum absolute atomic E-state index is 0.130. The normalized spacial score (nSPS) is 11.1. The highest BCUT2D eigenvalue weighted by Gasteiger charge is 2.15. The molecule has 0 fully saturated rings. The van der Waals surface area contributed by atoms with Gasteiger partial charge in [-0.15, -0.1) is 21.5 Å². The van der Waals surface area contributed by atoms with E-state index in [4.69, 9.17) is 27.6 Å². The van der Waals surface area contributed by atoms with E-state index in [0.717, 1.165) is 17.8 Å². The van der Waals surface area contributed by atoms with Crippen molar-refractivity contribution in [3.05, 3.63) is 51.6 Å². The third-order valence-electron chi connectivity index (χ3n) is 3.96. The highest BCUT2D eigenvalue weighted by molar-refractivity contribution is 7.13. The first-order valence-corrected chi connectivity index (χ1v) is 10.5. The Kier molecular flexibility index (Phi) is 7.44. The zero-order valence-corrected chi connectivity index (χ0v) is 17.7. The number of carbonyl (C=O) groups excluding carboxylic acids is 1. The van der Waals surface area contributed by atoms with E-state index in [1.165, 1.54) is 0 Å². The third-order valence-corrected chi connectivity index (χ3v) is 5.38. The number of nitrogens with zero attached hydrogens (tertiary/aromatic N) is 3. The number of rotatable bonds is 9. The van der Waals surface area contributed by atoms with Crippen LogP contribution in [0.5, 0.6) is 0 Å². The summed E-state index contributed by atoms with van der Waals surface area (Å²) in [5.74, 6) is 0.931. The van der Waals surface area contributed by atoms with Gasteiger partial charge in [0.15, 0.2) is 0 Å². The monoisotopic (exact) mass is 438 g/mol. The Morgan fingerprint density at radius 2 is 2.11 bits per heavy atom. The highest BCUT2D eigenvalue weighted by Crippen LogP contribution is 2.26. The number of hydrogen-bond acceptors (Lipinski definition) is 6. The molecule has 0 saturated heterocycles. The van der Waals surface area contributed by atoms with Gasteiger partial charge in [0.1, 0.15) is 0 Å². The number of carbonyl (C=O) groups is 1. The molecule has 0 saturated carbocycles. The summed E-state index contributed by atoms with van der Waals surface area (Å²) in [6.45, 7) is 3.97. The Morgan fingerprint density at radius 1 is 1.25 bits per heavy atom. The van der Waals surface area contributed by atoms with E-state index in [0.29, 0.717) is 47.0 Å². The Labute approximate surface area is 177 Å². The van der Waals surface area contributed by atoms with Crippen molar-refractivity contribution < 1.29 is 9.21 Å². The molecule has 0 unspecified atom stereocenters. The average Bonchev–Trinajstić information content (AvgIpc) is 3.34. The number of benzene rings is 1. The van der Waals surface area contributed by atoms with E-state index in [9.17, 15) is 4.79 Å². The molecular formula is C19H20Cl2N4O2S. The van der Waals surface area contributed by atoms with Crippen LogP contribution in [-0.4, -0.2) is 34.1 Å². The number of aromatic nitrogens is 2. The molecule has 148 valence electrons. The van der Waals surface area contributed by atoms with Crippen molar-refractivity contribution in [3.8, 4) is 10.8 Å². The third kappa shape index (κ3) is 5.78. The molecule has 2 aromatic heterocycles. The van der Waals surface area contributed by atoms with E-state index in [1.54, 1.807) is 29.5 Å². The zero-order chi connectivity index (χ0) is 19.9. The summed E-state index contributed by atoms with van der Waals surface area (Å²) in [5.41, 5.74) is 0.513. The van der Waals surface area contributed by atoms with Crippen molar-refractivity contribution in [2.45, 2.75) is 26.3 Å². The van der Waals surface area contributed by atoms with Crippen LogP contribution in [0.2, 0.25) is 10.0 Å². The number of thiophene rings is 1. The predicted molar refractivity (Wildman–Crippen MR) is 113 cm³/mol. The first-order valence-electron chi connectivity index (χ1n) is 8.88. The van der Waals surface area contributed by atoms with Gasteiger partial charge in [-0.1, -0.05) is 36.2 Å². The van der Waals surface area contributed by atoms with Gasteiger partial charge in [-0.25, -0.2) is 0 Å². The molecule has 0 aliphatic heterocycles. The number of amides is 1. The summed E-state index contributed by atoms with van der Waals surface area (Å²) in [4.78, 5) is 15.4. The number of hydrogen-bond donors (Lipinski definition) is 1. The second kappa shape index (κ2) is 10.0. The number of nitrogens with one attached hydrogen (secondary N) is 1. The van der Waals surface area contributed by atoms with E-state index in [1.807, 2.05) is 17.5 Å². The lowest BCUT2D eigenvalue weighted by molar-refractivity contribution is -0.116. The van der Waals surface area contributed by atoms with Crippen LogP contribution in [-0.2, 0) is 11.3 Å². The maximum absolute atomic E-state index is 12.3. The summed E-state index contributed by atoms with van der Waals surface area (Å²) in [6, 6.07) is 8.85. The van der Waals surface area contributed by atoms with Crippen molar-refractivity contribution in [2.75, 3.05) is 18.4 Å². The molecule has 3 aromatic rings. The summed E-state index contributed by atoms with van der Waals surface area (Å²) >= 11 is 13.6. The second-order valence-electron chi connectivity index (χ2n) is 6.18. The van der Waals surface area contributed by atoms with Crippen molar-refractivity contribution in [1.29, 1.82) is 0 Å². The maximum atomic E-state index is 12.3. The minimum Gasteiger partial charge on any atom is -0.419 e. The molecule has 28 heavy (non-hydrogen) atoms. The van der Waals surface area contributed by atoms with Crippen molar-refractivity contribution in [3.63, 3.8) is 0 Å². The van der Waals surface area contributed by atoms with Gasteiger partial charge in [0.2, 0.25) is 11.8 Å². The molecule has 1 aromatic carbocycles. The van der Waals surface area contributed by atoms with Crippen LogP contribution in [0.4, 0.5) is 5.69 Å². The Hall–Kier alpha value is -1.93. The van der Waals surface area contributed by atoms with Gasteiger partial charge in [-0.2, -0.15) is 0 Å². The Balaban J connectivity index is 1.55. The molecule has 0 aliphatic carbocycles. The fourth-order valence-electron chi connectivity index (χ4n) is 2.66. The average molecular weight is 439 g/mol. The van der Waals surface area contributed by atoms with Crippen LogP contribution < -0.4 is 5.32 Å². The van der Waals surface area contributed by atoms with E-state index in [-0.39, 0.29) is 5.91 Å². The Bertz CT molecular complexity index is 915. The summed E-state index contributed by atoms with van der Waals surface area (Å²) in [5, 5.41) is 14.0. The minimum atomic E-state index is -0.130. The molecule has 6 nitrogen and oxygen atoms in total. The van der Waals surface area contributed by atoms with Crippen LogP contribution in [0.15, 0.2) is 40.1 Å². The van der Waals surface area contributed by atoms with E-state index in [2.05, 4.69) is 27.3 Å². The van der Waals surface area contributed by atoms with Crippen LogP contribution in [0, 0.1) is 0 Å². The molecule has 0 atom stereocenters. The van der Waals surface area contributed by atoms with Crippen LogP contribution >= 0.6 is 34.5 Å². The standard InChI is InChI=1S/C19H20Cl2N4O2S/c1-2-8-25(12-18-23-24-19(27-18)16-4-3-10-28-16)9-7-17(26)22-15-11-13(20)5-6-14(15)21/h3-6,10-11H,2,7-9,12H2,1H3,(H,22,26). The quantitative estimate of drug-likeness (QED) is 0.487. The smallest absolute Gasteiger partial charge is 0.257 e. The molecule has 2 heterocycles. The van der Waals surface area contributed by atoms with Gasteiger partial charge in [0.05, 0.1) is 22.1 Å². The van der Waals surface area contributed by atoms with Gasteiger partial charge in [0.25, 0.3) is 5.89 Å². The summed E-state index contributed by atoms with van der Waals surface area (Å²) < 4.78 is 5.75. The molecule has 0 spiro atoms. The van der Waals surface area contributed by atoms with Crippen LogP contribution in [0.25, 0.3) is 10.8 Å². The lowest BCUT2D eigenvalue weighted by Crippen LogP contribution is -2.28. The molecule has 0 aliphatic rings. The molecule has 0 radical (unpaired) electrons. The number of halogens is 2. The molecule has 3 rings (SSSR count). The maximum Gasteiger partial charge on any atom is 0.257 e. The first kappa shape index (κ1) is 20.8. The predicted octanol–water partition coefficient (Wildman–Crippen LogP) is 5.35. The van der Waals surface area contributed by atoms with Gasteiger partial charge >= 0.3 is 0 Å². The van der Waals surface area contributed by atoms with Crippen molar-refractivity contribution in [1.82, 2.24) is 15.1 Å². The highest BCUT2D eigenvalue weighted by atomic mass is 35.5. The lowest BCUT2D eigenvalue weighted by atomic mass is 10.3. The van der Waals surface area contributed by atoms with Gasteiger partial charge in [-0.3, -0.25) is 9.69 Å². The molecule has 9 heteroatoms. The fraction of sp³-hybridized carbons (Fsp3) is 0.316. The van der Waals surface area contributed by atoms with Crippen molar-refractivity contribution in [2.24, 2.45) is 0 Å². The second-order valence-corrected chi connectivity index (χ2v) is 7.97.